The Morgan fingerprint density at radius 1 is 1.00 bits per heavy atom. The molecule has 0 spiro atoms. The topological polar surface area (TPSA) is 71.3 Å². The molecule has 0 saturated carbocycles. The van der Waals surface area contributed by atoms with E-state index in [1.54, 1.807) is 48.2 Å². The van der Waals surface area contributed by atoms with Crippen LogP contribution in [0.4, 0.5) is 0 Å². The van der Waals surface area contributed by atoms with Crippen LogP contribution in [0.25, 0.3) is 6.08 Å². The zero-order valence-electron chi connectivity index (χ0n) is 16.1. The van der Waals surface area contributed by atoms with E-state index in [1.807, 2.05) is 13.0 Å². The zero-order valence-corrected chi connectivity index (χ0v) is 16.9. The molecule has 3 aromatic rings. The molecule has 0 aliphatic carbocycles. The van der Waals surface area contributed by atoms with Crippen molar-refractivity contribution in [1.29, 1.82) is 0 Å². The van der Waals surface area contributed by atoms with Crippen LogP contribution in [0.3, 0.4) is 0 Å². The van der Waals surface area contributed by atoms with Crippen LogP contribution in [0.2, 0.25) is 0 Å². The van der Waals surface area contributed by atoms with Gasteiger partial charge in [0.2, 0.25) is 0 Å². The maximum absolute atomic E-state index is 12.6. The molecule has 29 heavy (non-hydrogen) atoms. The van der Waals surface area contributed by atoms with E-state index in [1.165, 1.54) is 17.9 Å². The first-order valence-electron chi connectivity index (χ1n) is 9.21. The third-order valence-corrected chi connectivity index (χ3v) is 5.05. The van der Waals surface area contributed by atoms with E-state index in [-0.39, 0.29) is 17.5 Å². The van der Waals surface area contributed by atoms with Gasteiger partial charge >= 0.3 is 0 Å². The number of nitrogens with one attached hydrogen (secondary N) is 2. The summed E-state index contributed by atoms with van der Waals surface area (Å²) in [5.41, 5.74) is 1.82. The molecule has 3 rings (SSSR count). The number of hydrogen-bond acceptors (Lipinski definition) is 4. The van der Waals surface area contributed by atoms with Crippen molar-refractivity contribution >= 4 is 29.7 Å². The van der Waals surface area contributed by atoms with Gasteiger partial charge in [-0.15, -0.1) is 11.8 Å². The number of aryl methyl sites for hydroxylation is 1. The molecule has 0 aliphatic heterocycles. The molecule has 0 atom stereocenters. The van der Waals surface area contributed by atoms with Gasteiger partial charge in [-0.3, -0.25) is 9.59 Å². The Balaban J connectivity index is 1.60. The van der Waals surface area contributed by atoms with Crippen molar-refractivity contribution in [3.8, 4) is 0 Å². The Labute approximate surface area is 174 Å². The van der Waals surface area contributed by atoms with Gasteiger partial charge < -0.3 is 15.1 Å². The molecule has 2 N–H and O–H groups in total. The van der Waals surface area contributed by atoms with Gasteiger partial charge in [0.15, 0.2) is 0 Å². The van der Waals surface area contributed by atoms with Crippen LogP contribution < -0.4 is 10.6 Å². The molecule has 1 aromatic heterocycles. The lowest BCUT2D eigenvalue weighted by Gasteiger charge is -2.11. The van der Waals surface area contributed by atoms with E-state index < -0.39 is 0 Å². The monoisotopic (exact) mass is 406 g/mol. The van der Waals surface area contributed by atoms with Gasteiger partial charge in [-0.2, -0.15) is 0 Å². The zero-order chi connectivity index (χ0) is 20.5. The van der Waals surface area contributed by atoms with Crippen molar-refractivity contribution in [2.45, 2.75) is 11.8 Å². The van der Waals surface area contributed by atoms with Crippen molar-refractivity contribution in [2.75, 3.05) is 12.3 Å². The highest BCUT2D eigenvalue weighted by molar-refractivity contribution is 7.99. The van der Waals surface area contributed by atoms with E-state index in [4.69, 9.17) is 4.42 Å². The number of carbonyl (C=O) groups excluding carboxylic acids is 2. The highest BCUT2D eigenvalue weighted by Crippen LogP contribution is 2.17. The molecule has 0 bridgehead atoms. The molecule has 0 aliphatic rings. The van der Waals surface area contributed by atoms with Crippen molar-refractivity contribution < 1.29 is 14.0 Å². The summed E-state index contributed by atoms with van der Waals surface area (Å²) in [6, 6.07) is 20.4. The number of amides is 2. The third-order valence-electron chi connectivity index (χ3n) is 4.04. The Morgan fingerprint density at radius 2 is 1.76 bits per heavy atom. The lowest BCUT2D eigenvalue weighted by atomic mass is 10.2. The van der Waals surface area contributed by atoms with Crippen molar-refractivity contribution in [1.82, 2.24) is 10.6 Å². The maximum Gasteiger partial charge on any atom is 0.267 e. The predicted molar refractivity (Wildman–Crippen MR) is 116 cm³/mol. The van der Waals surface area contributed by atoms with Crippen LogP contribution in [0.5, 0.6) is 0 Å². The second-order valence-corrected chi connectivity index (χ2v) is 7.48. The minimum absolute atomic E-state index is 0.133. The van der Waals surface area contributed by atoms with Gasteiger partial charge in [0.25, 0.3) is 11.8 Å². The average molecular weight is 407 g/mol. The van der Waals surface area contributed by atoms with Crippen molar-refractivity contribution in [2.24, 2.45) is 0 Å². The quantitative estimate of drug-likeness (QED) is 0.333. The average Bonchev–Trinajstić information content (AvgIpc) is 3.25. The summed E-state index contributed by atoms with van der Waals surface area (Å²) in [4.78, 5) is 26.3. The van der Waals surface area contributed by atoms with E-state index >= 15 is 0 Å². The number of hydrogen-bond donors (Lipinski definition) is 2. The molecule has 1 heterocycles. The standard InChI is InChI=1S/C23H22N2O3S/c1-17-9-11-20(12-10-17)29-15-13-24-23(27)21(16-19-8-5-14-28-19)25-22(26)18-6-3-2-4-7-18/h2-12,14,16H,13,15H2,1H3,(H,24,27)(H,25,26)/b21-16-. The summed E-state index contributed by atoms with van der Waals surface area (Å²) in [7, 11) is 0. The molecule has 0 fully saturated rings. The first kappa shape index (κ1) is 20.5. The molecule has 2 aromatic carbocycles. The smallest absolute Gasteiger partial charge is 0.267 e. The lowest BCUT2D eigenvalue weighted by Crippen LogP contribution is -2.35. The molecule has 6 heteroatoms. The Kier molecular flexibility index (Phi) is 7.30. The van der Waals surface area contributed by atoms with Gasteiger partial charge in [-0.1, -0.05) is 35.9 Å². The third kappa shape index (κ3) is 6.40. The maximum atomic E-state index is 12.6. The minimum atomic E-state index is -0.366. The Bertz CT molecular complexity index is 965. The highest BCUT2D eigenvalue weighted by Gasteiger charge is 2.15. The summed E-state index contributed by atoms with van der Waals surface area (Å²) < 4.78 is 5.28. The lowest BCUT2D eigenvalue weighted by molar-refractivity contribution is -0.117. The molecule has 0 saturated heterocycles. The Morgan fingerprint density at radius 3 is 2.45 bits per heavy atom. The summed E-state index contributed by atoms with van der Waals surface area (Å²) >= 11 is 1.66. The van der Waals surface area contributed by atoms with Crippen LogP contribution in [0.15, 0.2) is 88.0 Å². The summed E-state index contributed by atoms with van der Waals surface area (Å²) in [6.07, 6.45) is 3.03. The first-order valence-corrected chi connectivity index (χ1v) is 10.2. The van der Waals surface area contributed by atoms with Crippen LogP contribution in [-0.4, -0.2) is 24.1 Å². The molecule has 0 unspecified atom stereocenters. The van der Waals surface area contributed by atoms with Gasteiger partial charge in [-0.05, 0) is 43.3 Å². The van der Waals surface area contributed by atoms with E-state index in [2.05, 4.69) is 34.9 Å². The van der Waals surface area contributed by atoms with Gasteiger partial charge in [-0.25, -0.2) is 0 Å². The Hall–Kier alpha value is -3.25. The summed E-state index contributed by atoms with van der Waals surface area (Å²) in [5, 5.41) is 5.53. The number of rotatable bonds is 8. The fourth-order valence-electron chi connectivity index (χ4n) is 2.52. The highest BCUT2D eigenvalue weighted by atomic mass is 32.2. The summed E-state index contributed by atoms with van der Waals surface area (Å²) in [6.45, 7) is 2.51. The van der Waals surface area contributed by atoms with E-state index in [0.29, 0.717) is 17.9 Å². The SMILES string of the molecule is Cc1ccc(SCCNC(=O)/C(=C/c2ccco2)NC(=O)c2ccccc2)cc1. The molecule has 148 valence electrons. The number of benzene rings is 2. The van der Waals surface area contributed by atoms with Crippen LogP contribution in [0.1, 0.15) is 21.7 Å². The second-order valence-electron chi connectivity index (χ2n) is 6.31. The molecule has 5 nitrogen and oxygen atoms in total. The predicted octanol–water partition coefficient (Wildman–Crippen LogP) is 4.27. The fraction of sp³-hybridized carbons (Fsp3) is 0.130. The van der Waals surface area contributed by atoms with Crippen LogP contribution in [-0.2, 0) is 4.79 Å². The first-order chi connectivity index (χ1) is 14.1. The fourth-order valence-corrected chi connectivity index (χ4v) is 3.29. The normalized spacial score (nSPS) is 11.1. The number of thioether (sulfide) groups is 1. The van der Waals surface area contributed by atoms with Gasteiger partial charge in [0, 0.05) is 28.8 Å². The van der Waals surface area contributed by atoms with Crippen LogP contribution >= 0.6 is 11.8 Å². The van der Waals surface area contributed by atoms with Gasteiger partial charge in [0.05, 0.1) is 6.26 Å². The minimum Gasteiger partial charge on any atom is -0.465 e. The number of carbonyl (C=O) groups is 2. The van der Waals surface area contributed by atoms with Gasteiger partial charge in [0.1, 0.15) is 11.5 Å². The molecule has 0 radical (unpaired) electrons. The largest absolute Gasteiger partial charge is 0.465 e. The van der Waals surface area contributed by atoms with Crippen molar-refractivity contribution in [3.63, 3.8) is 0 Å². The summed E-state index contributed by atoms with van der Waals surface area (Å²) in [5.74, 6) is 0.482. The van der Waals surface area contributed by atoms with Crippen molar-refractivity contribution in [3.05, 3.63) is 95.6 Å². The van der Waals surface area contributed by atoms with Crippen LogP contribution in [0, 0.1) is 6.92 Å². The number of furan rings is 1. The second kappa shape index (κ2) is 10.3. The molecular weight excluding hydrogens is 384 g/mol. The van der Waals surface area contributed by atoms with E-state index in [9.17, 15) is 9.59 Å². The molecular formula is C23H22N2O3S. The van der Waals surface area contributed by atoms with E-state index in [0.717, 1.165) is 10.6 Å². The molecule has 2 amide bonds.